The Hall–Kier alpha value is -1.51. The third kappa shape index (κ3) is 6.94. The number of hydrogen-bond donors (Lipinski definition) is 2. The van der Waals surface area contributed by atoms with Crippen LogP contribution in [0.1, 0.15) is 77.6 Å². The molecule has 0 atom stereocenters. The number of rotatable bonds is 10. The Balaban J connectivity index is 1.64. The van der Waals surface area contributed by atoms with E-state index < -0.39 is 0 Å². The van der Waals surface area contributed by atoms with Gasteiger partial charge < -0.3 is 10.6 Å². The van der Waals surface area contributed by atoms with E-state index in [2.05, 4.69) is 29.7 Å². The quantitative estimate of drug-likeness (QED) is 0.518. The van der Waals surface area contributed by atoms with Gasteiger partial charge in [0.2, 0.25) is 5.91 Å². The molecule has 1 aromatic rings. The second-order valence-corrected chi connectivity index (χ2v) is 7.10. The molecule has 2 rings (SSSR count). The minimum absolute atomic E-state index is 0.197. The van der Waals surface area contributed by atoms with Crippen molar-refractivity contribution >= 4 is 17.3 Å². The molecule has 0 bridgehead atoms. The predicted molar refractivity (Wildman–Crippen MR) is 104 cm³/mol. The van der Waals surface area contributed by atoms with E-state index in [0.717, 1.165) is 30.8 Å². The van der Waals surface area contributed by atoms with Gasteiger partial charge in [0.1, 0.15) is 0 Å². The largest absolute Gasteiger partial charge is 0.385 e. The molecule has 1 fully saturated rings. The summed E-state index contributed by atoms with van der Waals surface area (Å²) < 4.78 is 0. The molecule has 1 saturated carbocycles. The van der Waals surface area contributed by atoms with Crippen LogP contribution in [0.15, 0.2) is 24.3 Å². The molecule has 1 aromatic carbocycles. The van der Waals surface area contributed by atoms with Crippen LogP contribution in [0.25, 0.3) is 0 Å². The first kappa shape index (κ1) is 18.8. The lowest BCUT2D eigenvalue weighted by Gasteiger charge is -2.20. The lowest BCUT2D eigenvalue weighted by molar-refractivity contribution is -0.120. The second kappa shape index (κ2) is 11.1. The smallest absolute Gasteiger partial charge is 0.227 e. The Morgan fingerprint density at radius 3 is 2.25 bits per heavy atom. The van der Waals surface area contributed by atoms with Crippen LogP contribution in [0.2, 0.25) is 0 Å². The van der Waals surface area contributed by atoms with Crippen molar-refractivity contribution in [3.8, 4) is 0 Å². The lowest BCUT2D eigenvalue weighted by Crippen LogP contribution is -2.24. The normalized spacial score (nSPS) is 15.2. The highest BCUT2D eigenvalue weighted by Crippen LogP contribution is 2.25. The summed E-state index contributed by atoms with van der Waals surface area (Å²) in [6, 6.07) is 8.13. The van der Waals surface area contributed by atoms with E-state index in [1.807, 2.05) is 12.1 Å². The first-order valence-electron chi connectivity index (χ1n) is 9.94. The van der Waals surface area contributed by atoms with E-state index in [1.54, 1.807) is 0 Å². The van der Waals surface area contributed by atoms with Gasteiger partial charge >= 0.3 is 0 Å². The summed E-state index contributed by atoms with van der Waals surface area (Å²) in [7, 11) is 0. The van der Waals surface area contributed by atoms with E-state index in [-0.39, 0.29) is 11.8 Å². The third-order valence-corrected chi connectivity index (χ3v) is 4.99. The molecular formula is C21H34N2O. The third-order valence-electron chi connectivity index (χ3n) is 4.99. The Kier molecular flexibility index (Phi) is 8.72. The Bertz CT molecular complexity index is 463. The van der Waals surface area contributed by atoms with E-state index in [0.29, 0.717) is 0 Å². The molecule has 0 aromatic heterocycles. The number of benzene rings is 1. The number of hydrogen-bond acceptors (Lipinski definition) is 2. The maximum Gasteiger partial charge on any atom is 0.227 e. The van der Waals surface area contributed by atoms with Crippen LogP contribution in [0, 0.1) is 5.92 Å². The summed E-state index contributed by atoms with van der Waals surface area (Å²) in [6.45, 7) is 3.28. The first-order chi connectivity index (χ1) is 11.8. The van der Waals surface area contributed by atoms with Crippen molar-refractivity contribution in [1.29, 1.82) is 0 Å². The van der Waals surface area contributed by atoms with Gasteiger partial charge in [-0.3, -0.25) is 4.79 Å². The van der Waals surface area contributed by atoms with Crippen LogP contribution >= 0.6 is 0 Å². The summed E-state index contributed by atoms with van der Waals surface area (Å²) in [5.41, 5.74) is 2.05. The Labute approximate surface area is 147 Å². The summed E-state index contributed by atoms with van der Waals surface area (Å²) in [6.07, 6.45) is 13.7. The van der Waals surface area contributed by atoms with Crippen molar-refractivity contribution in [3.63, 3.8) is 0 Å². The minimum atomic E-state index is 0.197. The molecule has 0 heterocycles. The van der Waals surface area contributed by atoms with Crippen LogP contribution in [-0.4, -0.2) is 12.5 Å². The number of nitrogens with one attached hydrogen (secondary N) is 2. The number of unbranched alkanes of at least 4 members (excludes halogenated alkanes) is 5. The minimum Gasteiger partial charge on any atom is -0.385 e. The van der Waals surface area contributed by atoms with Crippen molar-refractivity contribution in [3.05, 3.63) is 24.3 Å². The molecule has 0 radical (unpaired) electrons. The second-order valence-electron chi connectivity index (χ2n) is 7.10. The summed E-state index contributed by atoms with van der Waals surface area (Å²) in [5.74, 6) is 0.409. The van der Waals surface area contributed by atoms with Crippen LogP contribution in [0.5, 0.6) is 0 Å². The molecule has 1 aliphatic rings. The van der Waals surface area contributed by atoms with E-state index in [1.165, 1.54) is 57.8 Å². The molecular weight excluding hydrogens is 296 g/mol. The molecule has 3 nitrogen and oxygen atoms in total. The molecule has 0 aliphatic heterocycles. The van der Waals surface area contributed by atoms with Crippen LogP contribution in [0.4, 0.5) is 11.4 Å². The maximum absolute atomic E-state index is 12.2. The van der Waals surface area contributed by atoms with Crippen molar-refractivity contribution in [2.75, 3.05) is 17.2 Å². The highest BCUT2D eigenvalue weighted by atomic mass is 16.1. The first-order valence-corrected chi connectivity index (χ1v) is 9.94. The predicted octanol–water partition coefficient (Wildman–Crippen LogP) is 5.98. The van der Waals surface area contributed by atoms with Gasteiger partial charge in [-0.05, 0) is 43.5 Å². The van der Waals surface area contributed by atoms with E-state index in [4.69, 9.17) is 0 Å². The average Bonchev–Trinajstić information content (AvgIpc) is 2.63. The molecule has 0 saturated heterocycles. The van der Waals surface area contributed by atoms with Crippen molar-refractivity contribution in [2.45, 2.75) is 77.6 Å². The van der Waals surface area contributed by atoms with Crippen LogP contribution < -0.4 is 10.6 Å². The molecule has 0 spiro atoms. The highest BCUT2D eigenvalue weighted by molar-refractivity contribution is 5.92. The van der Waals surface area contributed by atoms with Crippen molar-refractivity contribution in [2.24, 2.45) is 5.92 Å². The Morgan fingerprint density at radius 2 is 1.54 bits per heavy atom. The molecule has 3 heteroatoms. The standard InChI is InChI=1S/C21H34N2O/c1-2-3-4-5-6-10-17-22-19-13-15-20(16-14-19)23-21(24)18-11-8-7-9-12-18/h13-16,18,22H,2-12,17H2,1H3,(H,23,24). The molecule has 0 unspecified atom stereocenters. The van der Waals surface area contributed by atoms with Gasteiger partial charge in [-0.2, -0.15) is 0 Å². The van der Waals surface area contributed by atoms with Gasteiger partial charge in [-0.15, -0.1) is 0 Å². The van der Waals surface area contributed by atoms with E-state index in [9.17, 15) is 4.79 Å². The molecule has 2 N–H and O–H groups in total. The monoisotopic (exact) mass is 330 g/mol. The van der Waals surface area contributed by atoms with Crippen LogP contribution in [0.3, 0.4) is 0 Å². The Morgan fingerprint density at radius 1 is 0.917 bits per heavy atom. The van der Waals surface area contributed by atoms with Crippen molar-refractivity contribution in [1.82, 2.24) is 0 Å². The van der Waals surface area contributed by atoms with Gasteiger partial charge in [-0.1, -0.05) is 58.3 Å². The van der Waals surface area contributed by atoms with Gasteiger partial charge in [0, 0.05) is 23.8 Å². The zero-order valence-corrected chi connectivity index (χ0v) is 15.3. The molecule has 24 heavy (non-hydrogen) atoms. The van der Waals surface area contributed by atoms with Gasteiger partial charge in [0.05, 0.1) is 0 Å². The average molecular weight is 331 g/mol. The van der Waals surface area contributed by atoms with Crippen LogP contribution in [-0.2, 0) is 4.79 Å². The fourth-order valence-corrected chi connectivity index (χ4v) is 3.42. The zero-order valence-electron chi connectivity index (χ0n) is 15.3. The summed E-state index contributed by atoms with van der Waals surface area (Å²) in [5, 5.41) is 6.53. The summed E-state index contributed by atoms with van der Waals surface area (Å²) in [4.78, 5) is 12.2. The summed E-state index contributed by atoms with van der Waals surface area (Å²) >= 11 is 0. The number of carbonyl (C=O) groups is 1. The SMILES string of the molecule is CCCCCCCCNc1ccc(NC(=O)C2CCCCC2)cc1. The highest BCUT2D eigenvalue weighted by Gasteiger charge is 2.20. The fourth-order valence-electron chi connectivity index (χ4n) is 3.42. The topological polar surface area (TPSA) is 41.1 Å². The number of amides is 1. The van der Waals surface area contributed by atoms with Crippen molar-refractivity contribution < 1.29 is 4.79 Å². The van der Waals surface area contributed by atoms with Gasteiger partial charge in [0.25, 0.3) is 0 Å². The number of anilines is 2. The molecule has 1 aliphatic carbocycles. The number of carbonyl (C=O) groups excluding carboxylic acids is 1. The van der Waals surface area contributed by atoms with Gasteiger partial charge in [0.15, 0.2) is 0 Å². The van der Waals surface area contributed by atoms with Gasteiger partial charge in [-0.25, -0.2) is 0 Å². The molecule has 1 amide bonds. The zero-order chi connectivity index (χ0) is 17.0. The maximum atomic E-state index is 12.2. The lowest BCUT2D eigenvalue weighted by atomic mass is 9.88. The van der Waals surface area contributed by atoms with E-state index >= 15 is 0 Å². The fraction of sp³-hybridized carbons (Fsp3) is 0.667. The molecule has 134 valence electrons.